The fourth-order valence-corrected chi connectivity index (χ4v) is 3.02. The largest absolute Gasteiger partial charge is 0.481 e. The van der Waals surface area contributed by atoms with E-state index in [2.05, 4.69) is 0 Å². The number of ketones is 1. The Labute approximate surface area is 144 Å². The summed E-state index contributed by atoms with van der Waals surface area (Å²) in [5.74, 6) is -2.15. The van der Waals surface area contributed by atoms with Gasteiger partial charge in [0.25, 0.3) is 5.91 Å². The zero-order valence-electron chi connectivity index (χ0n) is 13.6. The molecule has 0 spiro atoms. The van der Waals surface area contributed by atoms with Gasteiger partial charge in [-0.3, -0.25) is 14.4 Å². The molecule has 0 unspecified atom stereocenters. The molecule has 126 valence electrons. The summed E-state index contributed by atoms with van der Waals surface area (Å²) in [4.78, 5) is 38.5. The van der Waals surface area contributed by atoms with Crippen LogP contribution in [0.3, 0.4) is 0 Å². The molecule has 0 saturated heterocycles. The summed E-state index contributed by atoms with van der Waals surface area (Å²) in [5.41, 5.74) is 0.640. The average molecular weight is 345 g/mol. The van der Waals surface area contributed by atoms with Gasteiger partial charge in [0.05, 0.1) is 16.4 Å². The van der Waals surface area contributed by atoms with E-state index in [0.29, 0.717) is 22.5 Å². The molecule has 0 aliphatic carbocycles. The van der Waals surface area contributed by atoms with E-state index in [9.17, 15) is 14.4 Å². The van der Waals surface area contributed by atoms with Crippen molar-refractivity contribution in [1.82, 2.24) is 4.90 Å². The zero-order chi connectivity index (χ0) is 17.7. The molecule has 0 aliphatic rings. The number of aliphatic carboxylic acids is 1. The summed E-state index contributed by atoms with van der Waals surface area (Å²) in [5, 5.41) is 10.9. The number of carboxylic acids is 1. The van der Waals surface area contributed by atoms with Crippen LogP contribution < -0.4 is 0 Å². The first-order valence-corrected chi connectivity index (χ1v) is 8.53. The fourth-order valence-electron chi connectivity index (χ4n) is 2.34. The minimum absolute atomic E-state index is 0.103. The molecular formula is C18H19NO4S. The lowest BCUT2D eigenvalue weighted by atomic mass is 10.0. The van der Waals surface area contributed by atoms with Gasteiger partial charge in [-0.1, -0.05) is 31.2 Å². The Morgan fingerprint density at radius 1 is 1.12 bits per heavy atom. The molecule has 1 aromatic carbocycles. The van der Waals surface area contributed by atoms with Crippen molar-refractivity contribution in [3.8, 4) is 0 Å². The molecular weight excluding hydrogens is 326 g/mol. The van der Waals surface area contributed by atoms with Crippen LogP contribution in [-0.2, 0) is 4.79 Å². The van der Waals surface area contributed by atoms with Crippen LogP contribution >= 0.6 is 11.3 Å². The molecule has 1 atom stereocenters. The highest BCUT2D eigenvalue weighted by atomic mass is 32.1. The van der Waals surface area contributed by atoms with Gasteiger partial charge < -0.3 is 10.0 Å². The highest BCUT2D eigenvalue weighted by Gasteiger charge is 2.24. The van der Waals surface area contributed by atoms with Crippen molar-refractivity contribution in [1.29, 1.82) is 0 Å². The number of benzene rings is 1. The first-order chi connectivity index (χ1) is 11.5. The molecule has 24 heavy (non-hydrogen) atoms. The molecule has 2 aromatic rings. The maximum absolute atomic E-state index is 12.8. The number of carboxylic acid groups (broad SMARTS) is 1. The van der Waals surface area contributed by atoms with Crippen LogP contribution in [0.15, 0.2) is 41.8 Å². The quantitative estimate of drug-likeness (QED) is 0.782. The Hall–Kier alpha value is -2.47. The van der Waals surface area contributed by atoms with E-state index in [-0.39, 0.29) is 18.2 Å². The van der Waals surface area contributed by atoms with Gasteiger partial charge in [0, 0.05) is 18.7 Å². The van der Waals surface area contributed by atoms with E-state index in [1.54, 1.807) is 50.2 Å². The third-order valence-electron chi connectivity index (χ3n) is 3.73. The summed E-state index contributed by atoms with van der Waals surface area (Å²) in [6.45, 7) is 3.82. The summed E-state index contributed by atoms with van der Waals surface area (Å²) < 4.78 is 0. The molecule has 6 heteroatoms. The molecule has 2 rings (SSSR count). The Balaban J connectivity index is 2.32. The molecule has 1 amide bonds. The Bertz CT molecular complexity index is 739. The van der Waals surface area contributed by atoms with Crippen LogP contribution in [0.25, 0.3) is 0 Å². The van der Waals surface area contributed by atoms with E-state index in [4.69, 9.17) is 5.11 Å². The predicted octanol–water partition coefficient (Wildman–Crippen LogP) is 3.16. The molecule has 1 heterocycles. The highest BCUT2D eigenvalue weighted by molar-refractivity contribution is 7.12. The molecule has 0 fully saturated rings. The van der Waals surface area contributed by atoms with E-state index < -0.39 is 11.9 Å². The van der Waals surface area contributed by atoms with Crippen LogP contribution in [0, 0.1) is 5.92 Å². The van der Waals surface area contributed by atoms with E-state index in [0.717, 1.165) is 0 Å². The third kappa shape index (κ3) is 3.89. The van der Waals surface area contributed by atoms with Gasteiger partial charge in [0.1, 0.15) is 0 Å². The highest BCUT2D eigenvalue weighted by Crippen LogP contribution is 2.20. The first-order valence-electron chi connectivity index (χ1n) is 7.65. The van der Waals surface area contributed by atoms with Crippen molar-refractivity contribution in [3.05, 3.63) is 57.8 Å². The second-order valence-electron chi connectivity index (χ2n) is 5.44. The standard InChI is InChI=1S/C18H19NO4S/c1-3-19(11-12(2)18(22)23)17(21)14-8-5-4-7-13(14)16(20)15-9-6-10-24-15/h4-10,12H,3,11H2,1-2H3,(H,22,23)/t12-/m0/s1. The summed E-state index contributed by atoms with van der Waals surface area (Å²) in [6.07, 6.45) is 0. The Kier molecular flexibility index (Phi) is 5.87. The SMILES string of the molecule is CCN(C[C@H](C)C(=O)O)C(=O)c1ccccc1C(=O)c1cccs1. The van der Waals surface area contributed by atoms with Gasteiger partial charge in [-0.15, -0.1) is 11.3 Å². The smallest absolute Gasteiger partial charge is 0.308 e. The summed E-state index contributed by atoms with van der Waals surface area (Å²) >= 11 is 1.32. The molecule has 1 N–H and O–H groups in total. The fraction of sp³-hybridized carbons (Fsp3) is 0.278. The van der Waals surface area contributed by atoms with E-state index in [1.807, 2.05) is 5.38 Å². The van der Waals surface area contributed by atoms with Crippen LogP contribution in [0.5, 0.6) is 0 Å². The maximum Gasteiger partial charge on any atom is 0.308 e. The molecule has 0 aliphatic heterocycles. The van der Waals surface area contributed by atoms with Crippen molar-refractivity contribution in [2.75, 3.05) is 13.1 Å². The lowest BCUT2D eigenvalue weighted by Crippen LogP contribution is -2.37. The number of carbonyl (C=O) groups excluding carboxylic acids is 2. The Morgan fingerprint density at radius 3 is 2.33 bits per heavy atom. The van der Waals surface area contributed by atoms with Crippen molar-refractivity contribution >= 4 is 29.0 Å². The van der Waals surface area contributed by atoms with Crippen LogP contribution in [0.2, 0.25) is 0 Å². The van der Waals surface area contributed by atoms with Crippen LogP contribution in [0.1, 0.15) is 39.4 Å². The van der Waals surface area contributed by atoms with Gasteiger partial charge in [0.15, 0.2) is 0 Å². The second kappa shape index (κ2) is 7.88. The van der Waals surface area contributed by atoms with Crippen molar-refractivity contribution in [2.45, 2.75) is 13.8 Å². The Morgan fingerprint density at radius 2 is 1.79 bits per heavy atom. The zero-order valence-corrected chi connectivity index (χ0v) is 14.4. The minimum Gasteiger partial charge on any atom is -0.481 e. The number of nitrogens with zero attached hydrogens (tertiary/aromatic N) is 1. The summed E-state index contributed by atoms with van der Waals surface area (Å²) in [6, 6.07) is 10.2. The van der Waals surface area contributed by atoms with Crippen molar-refractivity contribution in [3.63, 3.8) is 0 Å². The molecule has 0 saturated carbocycles. The molecule has 0 bridgehead atoms. The normalized spacial score (nSPS) is 11.8. The number of carbonyl (C=O) groups is 3. The van der Waals surface area contributed by atoms with Gasteiger partial charge >= 0.3 is 5.97 Å². The van der Waals surface area contributed by atoms with Gasteiger partial charge in [-0.25, -0.2) is 0 Å². The topological polar surface area (TPSA) is 74.7 Å². The predicted molar refractivity (Wildman–Crippen MR) is 92.6 cm³/mol. The van der Waals surface area contributed by atoms with Gasteiger partial charge in [-0.05, 0) is 24.4 Å². The number of hydrogen-bond donors (Lipinski definition) is 1. The molecule has 5 nitrogen and oxygen atoms in total. The van der Waals surface area contributed by atoms with E-state index >= 15 is 0 Å². The number of thiophene rings is 1. The monoisotopic (exact) mass is 345 g/mol. The van der Waals surface area contributed by atoms with Crippen LogP contribution in [-0.4, -0.2) is 40.8 Å². The summed E-state index contributed by atoms with van der Waals surface area (Å²) in [7, 11) is 0. The molecule has 0 radical (unpaired) electrons. The number of amides is 1. The van der Waals surface area contributed by atoms with Crippen LogP contribution in [0.4, 0.5) is 0 Å². The van der Waals surface area contributed by atoms with Gasteiger partial charge in [0.2, 0.25) is 5.78 Å². The minimum atomic E-state index is -0.954. The van der Waals surface area contributed by atoms with Crippen molar-refractivity contribution in [2.24, 2.45) is 5.92 Å². The average Bonchev–Trinajstić information content (AvgIpc) is 3.12. The van der Waals surface area contributed by atoms with E-state index in [1.165, 1.54) is 16.2 Å². The second-order valence-corrected chi connectivity index (χ2v) is 6.38. The number of hydrogen-bond acceptors (Lipinski definition) is 4. The lowest BCUT2D eigenvalue weighted by molar-refractivity contribution is -0.141. The molecule has 1 aromatic heterocycles. The lowest BCUT2D eigenvalue weighted by Gasteiger charge is -2.23. The maximum atomic E-state index is 12.8. The van der Waals surface area contributed by atoms with Gasteiger partial charge in [-0.2, -0.15) is 0 Å². The third-order valence-corrected chi connectivity index (χ3v) is 4.60. The first kappa shape index (κ1) is 17.9. The number of rotatable bonds is 7. The van der Waals surface area contributed by atoms with Crippen molar-refractivity contribution < 1.29 is 19.5 Å².